The first-order chi connectivity index (χ1) is 7.76. The molecule has 0 aromatic heterocycles. The van der Waals surface area contributed by atoms with Crippen molar-refractivity contribution < 1.29 is 14.6 Å². The van der Waals surface area contributed by atoms with E-state index in [1.165, 1.54) is 0 Å². The minimum Gasteiger partial charge on any atom is -0.444 e. The number of hydrogen-bond donors (Lipinski definition) is 1. The number of carbonyl (C=O) groups excluding carboxylic acids is 1. The summed E-state index contributed by atoms with van der Waals surface area (Å²) in [5.74, 6) is 0.323. The predicted molar refractivity (Wildman–Crippen MR) is 66.8 cm³/mol. The summed E-state index contributed by atoms with van der Waals surface area (Å²) in [5, 5.41) is 9.45. The number of piperidine rings is 1. The van der Waals surface area contributed by atoms with Gasteiger partial charge in [0, 0.05) is 6.04 Å². The van der Waals surface area contributed by atoms with E-state index >= 15 is 0 Å². The van der Waals surface area contributed by atoms with Gasteiger partial charge < -0.3 is 9.84 Å². The predicted octanol–water partition coefficient (Wildman–Crippen LogP) is 2.40. The lowest BCUT2D eigenvalue weighted by molar-refractivity contribution is -0.0250. The average Bonchev–Trinajstić information content (AvgIpc) is 2.18. The van der Waals surface area contributed by atoms with Crippen LogP contribution in [-0.2, 0) is 4.74 Å². The lowest BCUT2D eigenvalue weighted by Gasteiger charge is -2.43. The standard InChI is InChI=1S/C13H25NO3/c1-9-6-7-10(2)14(11(9)8-15)12(16)17-13(3,4)5/h9-11,15H,6-8H2,1-5H3/t9-,10+,11-/m1/s1. The number of aliphatic hydroxyl groups is 1. The summed E-state index contributed by atoms with van der Waals surface area (Å²) in [7, 11) is 0. The number of likely N-dealkylation sites (tertiary alicyclic amines) is 1. The molecular formula is C13H25NO3. The first-order valence-corrected chi connectivity index (χ1v) is 6.38. The highest BCUT2D eigenvalue weighted by atomic mass is 16.6. The topological polar surface area (TPSA) is 49.8 Å². The third-order valence-corrected chi connectivity index (χ3v) is 3.32. The number of hydrogen-bond acceptors (Lipinski definition) is 3. The van der Waals surface area contributed by atoms with Gasteiger partial charge in [-0.1, -0.05) is 6.92 Å². The number of carbonyl (C=O) groups is 1. The monoisotopic (exact) mass is 243 g/mol. The van der Waals surface area contributed by atoms with E-state index in [0.717, 1.165) is 12.8 Å². The Morgan fingerprint density at radius 2 is 1.94 bits per heavy atom. The zero-order valence-corrected chi connectivity index (χ0v) is 11.6. The van der Waals surface area contributed by atoms with Crippen molar-refractivity contribution in [1.82, 2.24) is 4.90 Å². The zero-order chi connectivity index (χ0) is 13.2. The van der Waals surface area contributed by atoms with Crippen LogP contribution in [0.3, 0.4) is 0 Å². The number of rotatable bonds is 1. The third-order valence-electron chi connectivity index (χ3n) is 3.32. The molecule has 1 heterocycles. The van der Waals surface area contributed by atoms with E-state index in [0.29, 0.717) is 5.92 Å². The average molecular weight is 243 g/mol. The number of ether oxygens (including phenoxy) is 1. The zero-order valence-electron chi connectivity index (χ0n) is 11.6. The molecule has 0 radical (unpaired) electrons. The molecule has 1 rings (SSSR count). The molecule has 1 aliphatic heterocycles. The minimum atomic E-state index is -0.489. The fourth-order valence-electron chi connectivity index (χ4n) is 2.33. The van der Waals surface area contributed by atoms with Gasteiger partial charge in [-0.25, -0.2) is 4.79 Å². The Morgan fingerprint density at radius 3 is 2.41 bits per heavy atom. The molecule has 1 saturated heterocycles. The second-order valence-corrected chi connectivity index (χ2v) is 6.04. The van der Waals surface area contributed by atoms with Crippen LogP contribution in [0.1, 0.15) is 47.5 Å². The highest BCUT2D eigenvalue weighted by Gasteiger charge is 2.37. The lowest BCUT2D eigenvalue weighted by atomic mass is 9.88. The van der Waals surface area contributed by atoms with Gasteiger partial charge >= 0.3 is 6.09 Å². The van der Waals surface area contributed by atoms with Crippen LogP contribution in [0.25, 0.3) is 0 Å². The SMILES string of the molecule is C[C@@H]1CC[C@H](C)N(C(=O)OC(C)(C)C)[C@@H]1CO. The normalized spacial score (nSPS) is 30.2. The van der Waals surface area contributed by atoms with Crippen molar-refractivity contribution in [3.05, 3.63) is 0 Å². The molecule has 1 amide bonds. The Labute approximate surface area is 104 Å². The summed E-state index contributed by atoms with van der Waals surface area (Å²) >= 11 is 0. The molecule has 17 heavy (non-hydrogen) atoms. The molecule has 0 aromatic rings. The van der Waals surface area contributed by atoms with Gasteiger partial charge in [-0.3, -0.25) is 4.90 Å². The van der Waals surface area contributed by atoms with Crippen LogP contribution < -0.4 is 0 Å². The molecule has 0 saturated carbocycles. The molecule has 0 bridgehead atoms. The van der Waals surface area contributed by atoms with Crippen molar-refractivity contribution in [2.24, 2.45) is 5.92 Å². The molecular weight excluding hydrogens is 218 g/mol. The molecule has 4 heteroatoms. The Bertz CT molecular complexity index is 272. The second kappa shape index (κ2) is 5.25. The molecule has 4 nitrogen and oxygen atoms in total. The van der Waals surface area contributed by atoms with Gasteiger partial charge in [0.05, 0.1) is 12.6 Å². The summed E-state index contributed by atoms with van der Waals surface area (Å²) < 4.78 is 5.40. The number of nitrogens with zero attached hydrogens (tertiary/aromatic N) is 1. The van der Waals surface area contributed by atoms with E-state index in [9.17, 15) is 9.90 Å². The van der Waals surface area contributed by atoms with Crippen LogP contribution in [0.15, 0.2) is 0 Å². The summed E-state index contributed by atoms with van der Waals surface area (Å²) in [6.07, 6.45) is 1.71. The molecule has 0 aliphatic carbocycles. The molecule has 0 spiro atoms. The van der Waals surface area contributed by atoms with Crippen molar-refractivity contribution in [3.8, 4) is 0 Å². The summed E-state index contributed by atoms with van der Waals surface area (Å²) in [5.41, 5.74) is -0.489. The minimum absolute atomic E-state index is 0.00471. The highest BCUT2D eigenvalue weighted by Crippen LogP contribution is 2.29. The van der Waals surface area contributed by atoms with Crippen molar-refractivity contribution in [2.45, 2.75) is 65.1 Å². The van der Waals surface area contributed by atoms with E-state index < -0.39 is 5.60 Å². The Balaban J connectivity index is 2.79. The van der Waals surface area contributed by atoms with Gasteiger partial charge in [0.2, 0.25) is 0 Å². The summed E-state index contributed by atoms with van der Waals surface area (Å²) in [4.78, 5) is 13.8. The highest BCUT2D eigenvalue weighted by molar-refractivity contribution is 5.69. The molecule has 3 atom stereocenters. The van der Waals surface area contributed by atoms with Gasteiger partial charge in [0.1, 0.15) is 5.60 Å². The fourth-order valence-corrected chi connectivity index (χ4v) is 2.33. The van der Waals surface area contributed by atoms with Gasteiger partial charge in [-0.05, 0) is 46.5 Å². The van der Waals surface area contributed by atoms with E-state index in [-0.39, 0.29) is 24.8 Å². The summed E-state index contributed by atoms with van der Waals surface area (Å²) in [6.45, 7) is 9.66. The third kappa shape index (κ3) is 3.60. The maximum absolute atomic E-state index is 12.1. The van der Waals surface area contributed by atoms with E-state index in [1.807, 2.05) is 27.7 Å². The Morgan fingerprint density at radius 1 is 1.35 bits per heavy atom. The van der Waals surface area contributed by atoms with Crippen LogP contribution in [0.4, 0.5) is 4.79 Å². The van der Waals surface area contributed by atoms with E-state index in [1.54, 1.807) is 4.90 Å². The van der Waals surface area contributed by atoms with Crippen LogP contribution in [0, 0.1) is 5.92 Å². The number of aliphatic hydroxyl groups excluding tert-OH is 1. The maximum Gasteiger partial charge on any atom is 0.410 e. The molecule has 0 unspecified atom stereocenters. The molecule has 1 fully saturated rings. The van der Waals surface area contributed by atoms with Crippen molar-refractivity contribution in [3.63, 3.8) is 0 Å². The quantitative estimate of drug-likeness (QED) is 0.769. The molecule has 0 aromatic carbocycles. The molecule has 100 valence electrons. The van der Waals surface area contributed by atoms with Crippen LogP contribution in [-0.4, -0.2) is 40.4 Å². The largest absolute Gasteiger partial charge is 0.444 e. The second-order valence-electron chi connectivity index (χ2n) is 6.04. The lowest BCUT2D eigenvalue weighted by Crippen LogP contribution is -2.55. The molecule has 1 aliphatic rings. The maximum atomic E-state index is 12.1. The smallest absolute Gasteiger partial charge is 0.410 e. The van der Waals surface area contributed by atoms with Crippen molar-refractivity contribution in [2.75, 3.05) is 6.61 Å². The van der Waals surface area contributed by atoms with Crippen LogP contribution >= 0.6 is 0 Å². The van der Waals surface area contributed by atoms with Crippen molar-refractivity contribution in [1.29, 1.82) is 0 Å². The van der Waals surface area contributed by atoms with Gasteiger partial charge in [0.15, 0.2) is 0 Å². The number of amides is 1. The summed E-state index contributed by atoms with van der Waals surface area (Å²) in [6, 6.07) is 0.0202. The van der Waals surface area contributed by atoms with Gasteiger partial charge in [-0.15, -0.1) is 0 Å². The Kier molecular flexibility index (Phi) is 4.42. The molecule has 1 N–H and O–H groups in total. The van der Waals surface area contributed by atoms with Crippen LogP contribution in [0.2, 0.25) is 0 Å². The van der Waals surface area contributed by atoms with E-state index in [2.05, 4.69) is 6.92 Å². The van der Waals surface area contributed by atoms with Crippen LogP contribution in [0.5, 0.6) is 0 Å². The Hall–Kier alpha value is -0.770. The van der Waals surface area contributed by atoms with Gasteiger partial charge in [0.25, 0.3) is 0 Å². The van der Waals surface area contributed by atoms with Crippen molar-refractivity contribution >= 4 is 6.09 Å². The van der Waals surface area contributed by atoms with Gasteiger partial charge in [-0.2, -0.15) is 0 Å². The first-order valence-electron chi connectivity index (χ1n) is 6.38. The first kappa shape index (κ1) is 14.3. The van der Waals surface area contributed by atoms with E-state index in [4.69, 9.17) is 4.74 Å². The fraction of sp³-hybridized carbons (Fsp3) is 0.923.